The average Bonchev–Trinajstić information content (AvgIpc) is 2.88. The smallest absolute Gasteiger partial charge is 0.416 e. The highest BCUT2D eigenvalue weighted by atomic mass is 19.4. The zero-order valence-electron chi connectivity index (χ0n) is 19.9. The van der Waals surface area contributed by atoms with Crippen LogP contribution in [0.15, 0.2) is 76.3 Å². The molecule has 12 heteroatoms. The Bertz CT molecular complexity index is 1580. The predicted octanol–water partition coefficient (Wildman–Crippen LogP) is 3.99. The Labute approximate surface area is 212 Å². The number of hydrogen-bond donors (Lipinski definition) is 1. The van der Waals surface area contributed by atoms with Gasteiger partial charge in [0.15, 0.2) is 11.6 Å². The van der Waals surface area contributed by atoms with Gasteiger partial charge in [-0.3, -0.25) is 4.79 Å². The van der Waals surface area contributed by atoms with E-state index in [2.05, 4.69) is 5.10 Å². The third-order valence-corrected chi connectivity index (χ3v) is 5.87. The minimum Gasteiger partial charge on any atom is -0.494 e. The van der Waals surface area contributed by atoms with E-state index in [1.807, 2.05) is 0 Å². The third-order valence-electron chi connectivity index (χ3n) is 5.87. The van der Waals surface area contributed by atoms with Crippen molar-refractivity contribution < 1.29 is 26.7 Å². The first kappa shape index (κ1) is 26.7. The highest BCUT2D eigenvalue weighted by molar-refractivity contribution is 5.42. The number of nitrogens with zero attached hydrogens (tertiary/aromatic N) is 3. The van der Waals surface area contributed by atoms with Gasteiger partial charge in [-0.05, 0) is 29.8 Å². The summed E-state index contributed by atoms with van der Waals surface area (Å²) < 4.78 is 76.7. The van der Waals surface area contributed by atoms with Gasteiger partial charge in [0.25, 0.3) is 5.56 Å². The zero-order chi connectivity index (χ0) is 27.6. The molecule has 1 heterocycles. The molecule has 7 nitrogen and oxygen atoms in total. The van der Waals surface area contributed by atoms with Crippen LogP contribution in [0, 0.1) is 11.6 Å². The van der Waals surface area contributed by atoms with Gasteiger partial charge in [-0.1, -0.05) is 42.5 Å². The first-order valence-corrected chi connectivity index (χ1v) is 11.2. The van der Waals surface area contributed by atoms with E-state index in [0.29, 0.717) is 16.2 Å². The van der Waals surface area contributed by atoms with Crippen LogP contribution in [0.1, 0.15) is 28.4 Å². The highest BCUT2D eigenvalue weighted by Crippen LogP contribution is 2.33. The molecule has 0 bridgehead atoms. The summed E-state index contributed by atoms with van der Waals surface area (Å²) in [6.07, 6.45) is -5.85. The minimum absolute atomic E-state index is 0.284. The standard InChI is InChI=1S/C26H21F5N4O3/c1-38-22-12-6-11-21(23(22)28)35-24(36)20(13-16-17(26(29,30)31)9-5-10-18(16)27)33-34(25(35)37)14-19(32)15-7-3-2-4-8-15/h2-12,19H,13-14,32H2,1H3. The van der Waals surface area contributed by atoms with Crippen molar-refractivity contribution in [2.24, 2.45) is 5.73 Å². The lowest BCUT2D eigenvalue weighted by molar-refractivity contribution is -0.138. The van der Waals surface area contributed by atoms with Crippen LogP contribution >= 0.6 is 0 Å². The van der Waals surface area contributed by atoms with Gasteiger partial charge >= 0.3 is 11.9 Å². The molecule has 0 aliphatic heterocycles. The predicted molar refractivity (Wildman–Crippen MR) is 128 cm³/mol. The lowest BCUT2D eigenvalue weighted by Gasteiger charge is -2.18. The van der Waals surface area contributed by atoms with Gasteiger partial charge in [0.1, 0.15) is 11.5 Å². The summed E-state index contributed by atoms with van der Waals surface area (Å²) >= 11 is 0. The molecule has 1 aromatic heterocycles. The number of halogens is 5. The normalized spacial score (nSPS) is 12.4. The summed E-state index contributed by atoms with van der Waals surface area (Å²) in [5, 5.41) is 3.96. The Balaban J connectivity index is 1.94. The molecule has 3 aromatic carbocycles. The highest BCUT2D eigenvalue weighted by Gasteiger charge is 2.35. The van der Waals surface area contributed by atoms with E-state index in [4.69, 9.17) is 10.5 Å². The summed E-state index contributed by atoms with van der Waals surface area (Å²) in [7, 11) is 1.18. The maximum Gasteiger partial charge on any atom is 0.416 e. The maximum absolute atomic E-state index is 15.1. The summed E-state index contributed by atoms with van der Waals surface area (Å²) in [6.45, 7) is -0.314. The van der Waals surface area contributed by atoms with Gasteiger partial charge in [-0.2, -0.15) is 18.3 Å². The Morgan fingerprint density at radius 2 is 1.66 bits per heavy atom. The third kappa shape index (κ3) is 5.21. The molecule has 0 amide bonds. The molecule has 198 valence electrons. The van der Waals surface area contributed by atoms with Crippen molar-refractivity contribution in [3.8, 4) is 11.4 Å². The first-order chi connectivity index (χ1) is 18.0. The number of aromatic nitrogens is 3. The van der Waals surface area contributed by atoms with Crippen LogP contribution in [0.4, 0.5) is 22.0 Å². The molecule has 4 rings (SSSR count). The molecule has 0 aliphatic rings. The van der Waals surface area contributed by atoms with Crippen LogP contribution in [-0.2, 0) is 19.1 Å². The molecule has 0 saturated carbocycles. The molecule has 0 radical (unpaired) electrons. The van der Waals surface area contributed by atoms with E-state index in [0.717, 1.165) is 22.9 Å². The van der Waals surface area contributed by atoms with Crippen molar-refractivity contribution in [1.29, 1.82) is 0 Å². The van der Waals surface area contributed by atoms with Gasteiger partial charge in [0, 0.05) is 18.0 Å². The van der Waals surface area contributed by atoms with Crippen molar-refractivity contribution in [2.45, 2.75) is 25.2 Å². The van der Waals surface area contributed by atoms with Crippen molar-refractivity contribution in [3.05, 3.63) is 122 Å². The summed E-state index contributed by atoms with van der Waals surface area (Å²) in [4.78, 5) is 26.7. The minimum atomic E-state index is -4.93. The van der Waals surface area contributed by atoms with Crippen LogP contribution < -0.4 is 21.7 Å². The number of ether oxygens (including phenoxy) is 1. The van der Waals surface area contributed by atoms with Crippen molar-refractivity contribution >= 4 is 0 Å². The molecule has 0 aliphatic carbocycles. The van der Waals surface area contributed by atoms with E-state index in [1.54, 1.807) is 30.3 Å². The summed E-state index contributed by atoms with van der Waals surface area (Å²) in [5.74, 6) is -2.57. The van der Waals surface area contributed by atoms with Crippen molar-refractivity contribution in [3.63, 3.8) is 0 Å². The number of alkyl halides is 3. The fourth-order valence-corrected chi connectivity index (χ4v) is 4.00. The molecule has 0 fully saturated rings. The largest absolute Gasteiger partial charge is 0.494 e. The van der Waals surface area contributed by atoms with Crippen LogP contribution in [0.25, 0.3) is 5.69 Å². The monoisotopic (exact) mass is 532 g/mol. The van der Waals surface area contributed by atoms with E-state index >= 15 is 4.39 Å². The number of methoxy groups -OCH3 is 1. The molecule has 1 unspecified atom stereocenters. The van der Waals surface area contributed by atoms with Gasteiger partial charge in [0.2, 0.25) is 0 Å². The van der Waals surface area contributed by atoms with Gasteiger partial charge < -0.3 is 10.5 Å². The van der Waals surface area contributed by atoms with E-state index in [9.17, 15) is 27.2 Å². The lowest BCUT2D eigenvalue weighted by atomic mass is 10.0. The maximum atomic E-state index is 15.1. The fourth-order valence-electron chi connectivity index (χ4n) is 4.00. The number of hydrogen-bond acceptors (Lipinski definition) is 5. The van der Waals surface area contributed by atoms with Crippen LogP contribution in [-0.4, -0.2) is 21.5 Å². The fraction of sp³-hybridized carbons (Fsp3) is 0.192. The zero-order valence-corrected chi connectivity index (χ0v) is 19.9. The van der Waals surface area contributed by atoms with E-state index in [-0.39, 0.29) is 12.3 Å². The van der Waals surface area contributed by atoms with Gasteiger partial charge in [-0.25, -0.2) is 22.8 Å². The Morgan fingerprint density at radius 1 is 0.974 bits per heavy atom. The second-order valence-corrected chi connectivity index (χ2v) is 8.30. The van der Waals surface area contributed by atoms with Crippen LogP contribution in [0.3, 0.4) is 0 Å². The lowest BCUT2D eigenvalue weighted by Crippen LogP contribution is -2.44. The van der Waals surface area contributed by atoms with Crippen molar-refractivity contribution in [2.75, 3.05) is 7.11 Å². The SMILES string of the molecule is COc1cccc(-n2c(=O)c(Cc3c(F)cccc3C(F)(F)F)nn(CC(N)c3ccccc3)c2=O)c1F. The topological polar surface area (TPSA) is 92.1 Å². The molecule has 0 saturated heterocycles. The Kier molecular flexibility index (Phi) is 7.44. The van der Waals surface area contributed by atoms with Gasteiger partial charge in [-0.15, -0.1) is 0 Å². The number of rotatable bonds is 7. The first-order valence-electron chi connectivity index (χ1n) is 11.2. The number of nitrogens with two attached hydrogens (primary N) is 1. The Hall–Kier alpha value is -4.32. The second kappa shape index (κ2) is 10.6. The molecule has 4 aromatic rings. The molecule has 1 atom stereocenters. The van der Waals surface area contributed by atoms with Gasteiger partial charge in [0.05, 0.1) is 24.9 Å². The van der Waals surface area contributed by atoms with Crippen LogP contribution in [0.2, 0.25) is 0 Å². The van der Waals surface area contributed by atoms with Crippen molar-refractivity contribution in [1.82, 2.24) is 14.3 Å². The number of benzene rings is 3. The molecule has 0 spiro atoms. The van der Waals surface area contributed by atoms with E-state index < -0.39 is 64.0 Å². The van der Waals surface area contributed by atoms with Crippen LogP contribution in [0.5, 0.6) is 5.75 Å². The summed E-state index contributed by atoms with van der Waals surface area (Å²) in [5.41, 5.74) is 1.20. The molecular formula is C26H21F5N4O3. The van der Waals surface area contributed by atoms with E-state index in [1.165, 1.54) is 19.2 Å². The molecule has 38 heavy (non-hydrogen) atoms. The molecule has 2 N–H and O–H groups in total. The Morgan fingerprint density at radius 3 is 2.32 bits per heavy atom. The summed E-state index contributed by atoms with van der Waals surface area (Å²) in [6, 6.07) is 13.8. The molecular weight excluding hydrogens is 511 g/mol. The second-order valence-electron chi connectivity index (χ2n) is 8.30. The average molecular weight is 532 g/mol. The quantitative estimate of drug-likeness (QED) is 0.364.